The van der Waals surface area contributed by atoms with Gasteiger partial charge in [0.2, 0.25) is 0 Å². The van der Waals surface area contributed by atoms with E-state index in [4.69, 9.17) is 8.85 Å². The Morgan fingerprint density at radius 2 is 1.23 bits per heavy atom. The lowest BCUT2D eigenvalue weighted by Gasteiger charge is -2.38. The third-order valence-electron chi connectivity index (χ3n) is 6.90. The zero-order valence-electron chi connectivity index (χ0n) is 26.8. The van der Waals surface area contributed by atoms with Crippen molar-refractivity contribution in [2.45, 2.75) is 117 Å². The van der Waals surface area contributed by atoms with Gasteiger partial charge in [-0.1, -0.05) is 97.0 Å². The minimum absolute atomic E-state index is 0.234. The van der Waals surface area contributed by atoms with Crippen molar-refractivity contribution < 1.29 is 8.85 Å². The first-order valence-corrected chi connectivity index (χ1v) is 18.7. The van der Waals surface area contributed by atoms with Gasteiger partial charge >= 0.3 is 0 Å². The number of aryl methyl sites for hydroxylation is 2. The summed E-state index contributed by atoms with van der Waals surface area (Å²) in [5.74, 6) is 0. The molecule has 2 rings (SSSR count). The van der Waals surface area contributed by atoms with Crippen molar-refractivity contribution in [3.8, 4) is 0 Å². The van der Waals surface area contributed by atoms with Crippen molar-refractivity contribution >= 4 is 57.0 Å². The Morgan fingerprint density at radius 3 is 1.73 bits per heavy atom. The van der Waals surface area contributed by atoms with Crippen LogP contribution in [-0.2, 0) is 32.9 Å². The predicted octanol–water partition coefficient (Wildman–Crippen LogP) is 10.0. The molecule has 0 aromatic heterocycles. The molecule has 2 nitrogen and oxygen atoms in total. The third-order valence-corrected chi connectivity index (χ3v) is 10.9. The summed E-state index contributed by atoms with van der Waals surface area (Å²) in [7, 11) is -1.44. The van der Waals surface area contributed by atoms with Gasteiger partial charge in [-0.15, -0.1) is 0 Å². The second-order valence-electron chi connectivity index (χ2n) is 14.3. The van der Waals surface area contributed by atoms with E-state index in [1.54, 1.807) is 0 Å². The number of hydrogen-bond acceptors (Lipinski definition) is 2. The zero-order valence-corrected chi connectivity index (χ0v) is 32.8. The lowest BCUT2D eigenvalue weighted by molar-refractivity contribution is 0.0829. The van der Waals surface area contributed by atoms with Crippen LogP contribution >= 0.6 is 31.9 Å². The van der Waals surface area contributed by atoms with Gasteiger partial charge < -0.3 is 8.85 Å². The first-order valence-electron chi connectivity index (χ1n) is 14.6. The Morgan fingerprint density at radius 1 is 0.700 bits per heavy atom. The van der Waals surface area contributed by atoms with Gasteiger partial charge in [-0.05, 0) is 128 Å². The molecule has 2 aromatic carbocycles. The highest BCUT2D eigenvalue weighted by atomic mass is 79.9. The first kappa shape index (κ1) is 35.4. The summed E-state index contributed by atoms with van der Waals surface area (Å²) < 4.78 is 14.4. The number of hydrogen-bond donors (Lipinski definition) is 0. The number of rotatable bonds is 12. The molecule has 0 bridgehead atoms. The second-order valence-corrected chi connectivity index (χ2v) is 22.5. The quantitative estimate of drug-likeness (QED) is 0.162. The van der Waals surface area contributed by atoms with Gasteiger partial charge in [-0.3, -0.25) is 0 Å². The molecule has 0 amide bonds. The summed E-state index contributed by atoms with van der Waals surface area (Å²) in [6.45, 7) is 24.9. The van der Waals surface area contributed by atoms with E-state index in [2.05, 4.69) is 163 Å². The van der Waals surface area contributed by atoms with Crippen LogP contribution in [0.1, 0.15) is 110 Å². The third kappa shape index (κ3) is 11.8. The minimum atomic E-state index is -0.730. The monoisotopic (exact) mass is 706 g/mol. The van der Waals surface area contributed by atoms with Crippen LogP contribution in [0.2, 0.25) is 10.1 Å². The summed E-state index contributed by atoms with van der Waals surface area (Å²) >= 11 is 6.93. The highest BCUT2D eigenvalue weighted by Gasteiger charge is 2.33. The van der Waals surface area contributed by atoms with Crippen molar-refractivity contribution in [2.24, 2.45) is 0 Å². The average Bonchev–Trinajstić information content (AvgIpc) is 2.85. The van der Waals surface area contributed by atoms with Crippen molar-refractivity contribution in [2.75, 3.05) is 0 Å². The molecule has 0 radical (unpaired) electrons. The fourth-order valence-electron chi connectivity index (χ4n) is 4.52. The molecular weight excluding hydrogens is 656 g/mol. The molecule has 0 aliphatic heterocycles. The molecule has 0 N–H and O–H groups in total. The summed E-state index contributed by atoms with van der Waals surface area (Å²) in [6, 6.07) is 16.0. The maximum Gasteiger partial charge on any atom is 0.168 e. The standard InChI is InChI=1S/C34H52Br2O2Si2/c1-12-26(19-21-30(35)36)27-15-13-14-24(22-27)16-17-25-18-20-28(33(8,9)37-39-31(2,3)4)29(23-25)34(10,11)38-40-32(5,6)7/h13-15,18-23H,12,16-17,39-40H2,1-11H3. The maximum atomic E-state index is 6.75. The SMILES string of the molecule is CCC(=CC=C(Br)Br)c1cccc(CCc2ccc(C(C)(C)O[SiH2]C(C)(C)C)c(C(C)(C)O[SiH2]C(C)(C)C)c2)c1. The molecular formula is C34H52Br2O2Si2. The van der Waals surface area contributed by atoms with Crippen molar-refractivity contribution in [3.63, 3.8) is 0 Å². The van der Waals surface area contributed by atoms with Gasteiger partial charge in [0, 0.05) is 0 Å². The van der Waals surface area contributed by atoms with Crippen molar-refractivity contribution in [1.29, 1.82) is 0 Å². The molecule has 40 heavy (non-hydrogen) atoms. The van der Waals surface area contributed by atoms with E-state index in [0.717, 1.165) is 22.7 Å². The van der Waals surface area contributed by atoms with Gasteiger partial charge in [0.1, 0.15) is 0 Å². The summed E-state index contributed by atoms with van der Waals surface area (Å²) in [6.07, 6.45) is 7.20. The van der Waals surface area contributed by atoms with Gasteiger partial charge in [0.05, 0.1) is 14.6 Å². The van der Waals surface area contributed by atoms with Crippen LogP contribution in [0, 0.1) is 0 Å². The lowest BCUT2D eigenvalue weighted by Crippen LogP contribution is -2.34. The van der Waals surface area contributed by atoms with Crippen LogP contribution in [0.3, 0.4) is 0 Å². The lowest BCUT2D eigenvalue weighted by atomic mass is 9.84. The van der Waals surface area contributed by atoms with E-state index in [9.17, 15) is 0 Å². The summed E-state index contributed by atoms with van der Waals surface area (Å²) in [5.41, 5.74) is 7.13. The van der Waals surface area contributed by atoms with E-state index in [-0.39, 0.29) is 21.3 Å². The van der Waals surface area contributed by atoms with E-state index in [0.29, 0.717) is 0 Å². The van der Waals surface area contributed by atoms with Crippen LogP contribution in [0.15, 0.2) is 58.0 Å². The molecule has 0 spiro atoms. The Bertz CT molecular complexity index is 1180. The largest absolute Gasteiger partial charge is 0.415 e. The van der Waals surface area contributed by atoms with Crippen LogP contribution in [0.5, 0.6) is 0 Å². The highest BCUT2D eigenvalue weighted by Crippen LogP contribution is 2.39. The molecule has 0 fully saturated rings. The Labute approximate surface area is 266 Å². The van der Waals surface area contributed by atoms with Gasteiger partial charge in [0.25, 0.3) is 0 Å². The van der Waals surface area contributed by atoms with Crippen LogP contribution in [-0.4, -0.2) is 19.5 Å². The van der Waals surface area contributed by atoms with E-state index in [1.165, 1.54) is 33.4 Å². The summed E-state index contributed by atoms with van der Waals surface area (Å²) in [4.78, 5) is 0. The molecule has 2 aromatic rings. The van der Waals surface area contributed by atoms with Gasteiger partial charge in [-0.25, -0.2) is 0 Å². The normalized spacial score (nSPS) is 14.1. The van der Waals surface area contributed by atoms with E-state index >= 15 is 0 Å². The van der Waals surface area contributed by atoms with Crippen LogP contribution < -0.4 is 0 Å². The average molecular weight is 709 g/mol. The fraction of sp³-hybridized carbons (Fsp3) is 0.529. The zero-order chi connectivity index (χ0) is 30.4. The molecule has 0 atom stereocenters. The molecule has 0 unspecified atom stereocenters. The molecule has 0 aliphatic rings. The van der Waals surface area contributed by atoms with E-state index < -0.39 is 19.5 Å². The van der Waals surface area contributed by atoms with Crippen molar-refractivity contribution in [1.82, 2.24) is 0 Å². The Balaban J connectivity index is 2.40. The Kier molecular flexibility index (Phi) is 12.9. The fourth-order valence-corrected chi connectivity index (χ4v) is 6.68. The number of halogens is 2. The van der Waals surface area contributed by atoms with Crippen molar-refractivity contribution in [3.05, 3.63) is 85.8 Å². The molecule has 6 heteroatoms. The Hall–Kier alpha value is -0.766. The minimum Gasteiger partial charge on any atom is -0.415 e. The maximum absolute atomic E-state index is 6.75. The predicted molar refractivity (Wildman–Crippen MR) is 189 cm³/mol. The molecule has 0 saturated carbocycles. The first-order chi connectivity index (χ1) is 18.3. The molecule has 222 valence electrons. The van der Waals surface area contributed by atoms with Gasteiger partial charge in [0.15, 0.2) is 19.5 Å². The van der Waals surface area contributed by atoms with E-state index in [1.807, 2.05) is 0 Å². The van der Waals surface area contributed by atoms with Crippen LogP contribution in [0.25, 0.3) is 5.57 Å². The highest BCUT2D eigenvalue weighted by molar-refractivity contribution is 9.28. The number of benzene rings is 2. The molecule has 0 saturated heterocycles. The van der Waals surface area contributed by atoms with Gasteiger partial charge in [-0.2, -0.15) is 0 Å². The second kappa shape index (κ2) is 14.6. The molecule has 0 aliphatic carbocycles. The van der Waals surface area contributed by atoms with Crippen LogP contribution in [0.4, 0.5) is 0 Å². The smallest absolute Gasteiger partial charge is 0.168 e. The summed E-state index contributed by atoms with van der Waals surface area (Å²) in [5, 5.41) is 0.475. The molecule has 0 heterocycles. The number of allylic oxidation sites excluding steroid dienone is 3. The topological polar surface area (TPSA) is 18.5 Å².